The maximum atomic E-state index is 6.68. The Bertz CT molecular complexity index is 937. The van der Waals surface area contributed by atoms with Crippen molar-refractivity contribution in [2.24, 2.45) is 17.4 Å². The molecule has 0 aromatic heterocycles. The van der Waals surface area contributed by atoms with Crippen LogP contribution in [0, 0.1) is 5.92 Å². The van der Waals surface area contributed by atoms with Crippen molar-refractivity contribution in [3.05, 3.63) is 59.2 Å². The van der Waals surface area contributed by atoms with Crippen molar-refractivity contribution < 1.29 is 4.74 Å². The Balaban J connectivity index is 1.42. The molecule has 0 amide bonds. The van der Waals surface area contributed by atoms with Crippen LogP contribution in [0.5, 0.6) is 5.75 Å². The third-order valence-corrected chi connectivity index (χ3v) is 7.39. The molecule has 1 saturated heterocycles. The summed E-state index contributed by atoms with van der Waals surface area (Å²) < 4.78 is 6.00. The first kappa shape index (κ1) is 21.1. The van der Waals surface area contributed by atoms with Gasteiger partial charge in [-0.05, 0) is 55.7 Å². The zero-order valence-corrected chi connectivity index (χ0v) is 18.8. The lowest BCUT2D eigenvalue weighted by Gasteiger charge is -2.27. The molecule has 2 aliphatic heterocycles. The molecular formula is C24H32N4OS. The highest BCUT2D eigenvalue weighted by atomic mass is 32.2. The fraction of sp³-hybridized carbons (Fsp3) is 0.417. The van der Waals surface area contributed by atoms with E-state index in [4.69, 9.17) is 16.2 Å². The fourth-order valence-corrected chi connectivity index (χ4v) is 5.22. The Morgan fingerprint density at radius 1 is 1.23 bits per heavy atom. The van der Waals surface area contributed by atoms with E-state index < -0.39 is 0 Å². The zero-order chi connectivity index (χ0) is 21.3. The van der Waals surface area contributed by atoms with Gasteiger partial charge >= 0.3 is 0 Å². The topological polar surface area (TPSA) is 76.5 Å². The zero-order valence-electron chi connectivity index (χ0n) is 18.0. The maximum absolute atomic E-state index is 6.68. The molecule has 6 heteroatoms. The van der Waals surface area contributed by atoms with E-state index in [9.17, 15) is 0 Å². The quantitative estimate of drug-likeness (QED) is 0.632. The number of benzene rings is 2. The van der Waals surface area contributed by atoms with Gasteiger partial charge in [0.05, 0.1) is 17.7 Å². The van der Waals surface area contributed by atoms with Crippen LogP contribution in [0.4, 0.5) is 5.69 Å². The predicted octanol–water partition coefficient (Wildman–Crippen LogP) is 3.43. The molecule has 2 heterocycles. The monoisotopic (exact) mass is 424 g/mol. The number of likely N-dealkylation sites (N-methyl/N-ethyl adjacent to an activating group) is 1. The summed E-state index contributed by atoms with van der Waals surface area (Å²) in [4.78, 5) is 3.53. The minimum atomic E-state index is 0.000923. The van der Waals surface area contributed by atoms with Gasteiger partial charge in [-0.15, -0.1) is 0 Å². The van der Waals surface area contributed by atoms with E-state index in [1.807, 2.05) is 25.6 Å². The smallest absolute Gasteiger partial charge is 0.120 e. The van der Waals surface area contributed by atoms with Crippen LogP contribution in [-0.2, 0) is 6.42 Å². The summed E-state index contributed by atoms with van der Waals surface area (Å²) >= 11 is 1.83. The number of thioether (sulfide) groups is 1. The highest BCUT2D eigenvalue weighted by Gasteiger charge is 2.32. The number of anilines is 1. The highest BCUT2D eigenvalue weighted by Crippen LogP contribution is 2.45. The first-order valence-electron chi connectivity index (χ1n) is 10.6. The van der Waals surface area contributed by atoms with Crippen LogP contribution in [0.25, 0.3) is 5.70 Å². The molecule has 4 rings (SSSR count). The molecule has 30 heavy (non-hydrogen) atoms. The van der Waals surface area contributed by atoms with Gasteiger partial charge in [0.25, 0.3) is 0 Å². The lowest BCUT2D eigenvalue weighted by atomic mass is 10.0. The molecule has 2 aromatic rings. The van der Waals surface area contributed by atoms with Crippen molar-refractivity contribution in [3.63, 3.8) is 0 Å². The van der Waals surface area contributed by atoms with Gasteiger partial charge in [-0.1, -0.05) is 35.5 Å². The van der Waals surface area contributed by atoms with Crippen LogP contribution in [0.1, 0.15) is 25.0 Å². The molecule has 0 bridgehead atoms. The van der Waals surface area contributed by atoms with Crippen molar-refractivity contribution in [1.82, 2.24) is 5.32 Å². The van der Waals surface area contributed by atoms with Gasteiger partial charge in [-0.25, -0.2) is 0 Å². The molecule has 0 spiro atoms. The summed E-state index contributed by atoms with van der Waals surface area (Å²) in [6.07, 6.45) is 0.803. The number of nitrogens with two attached hydrogens (primary N) is 2. The van der Waals surface area contributed by atoms with E-state index in [0.29, 0.717) is 5.92 Å². The van der Waals surface area contributed by atoms with Crippen LogP contribution in [0.15, 0.2) is 52.9 Å². The molecule has 160 valence electrons. The summed E-state index contributed by atoms with van der Waals surface area (Å²) in [5, 5.41) is 3.47. The predicted molar refractivity (Wildman–Crippen MR) is 127 cm³/mol. The lowest BCUT2D eigenvalue weighted by molar-refractivity contribution is 0.199. The fourth-order valence-electron chi connectivity index (χ4n) is 3.90. The van der Waals surface area contributed by atoms with Crippen LogP contribution in [0.3, 0.4) is 0 Å². The van der Waals surface area contributed by atoms with Gasteiger partial charge in [0.15, 0.2) is 0 Å². The van der Waals surface area contributed by atoms with Gasteiger partial charge in [0.1, 0.15) is 5.75 Å². The summed E-state index contributed by atoms with van der Waals surface area (Å²) in [5.74, 6) is 1.58. The number of hydrogen-bond acceptors (Lipinski definition) is 6. The largest absolute Gasteiger partial charge is 0.493 e. The van der Waals surface area contributed by atoms with E-state index in [2.05, 4.69) is 59.7 Å². The minimum Gasteiger partial charge on any atom is -0.493 e. The molecule has 0 radical (unpaired) electrons. The number of nitrogens with zero attached hydrogens (tertiary/aromatic N) is 1. The van der Waals surface area contributed by atoms with Crippen LogP contribution >= 0.6 is 11.8 Å². The summed E-state index contributed by atoms with van der Waals surface area (Å²) in [7, 11) is 2.13. The average molecular weight is 425 g/mol. The maximum Gasteiger partial charge on any atom is 0.120 e. The Kier molecular flexibility index (Phi) is 6.27. The number of allylic oxidation sites excluding steroid dienone is 1. The second kappa shape index (κ2) is 8.92. The van der Waals surface area contributed by atoms with Gasteiger partial charge < -0.3 is 26.4 Å². The lowest BCUT2D eigenvalue weighted by Crippen LogP contribution is -2.45. The molecule has 0 saturated carbocycles. The molecular weight excluding hydrogens is 392 g/mol. The van der Waals surface area contributed by atoms with E-state index in [0.717, 1.165) is 48.7 Å². The molecule has 2 aromatic carbocycles. The second-order valence-corrected chi connectivity index (χ2v) is 9.72. The summed E-state index contributed by atoms with van der Waals surface area (Å²) in [6.45, 7) is 6.96. The number of hydrogen-bond donors (Lipinski definition) is 3. The van der Waals surface area contributed by atoms with Crippen molar-refractivity contribution in [2.45, 2.75) is 36.6 Å². The third-order valence-electron chi connectivity index (χ3n) is 5.91. The third kappa shape index (κ3) is 4.46. The van der Waals surface area contributed by atoms with Crippen molar-refractivity contribution in [3.8, 4) is 5.75 Å². The van der Waals surface area contributed by atoms with Crippen molar-refractivity contribution >= 4 is 23.1 Å². The molecule has 2 aliphatic rings. The molecule has 1 fully saturated rings. The van der Waals surface area contributed by atoms with Crippen molar-refractivity contribution in [1.29, 1.82) is 0 Å². The van der Waals surface area contributed by atoms with Gasteiger partial charge in [-0.2, -0.15) is 0 Å². The first-order valence-corrected chi connectivity index (χ1v) is 11.4. The number of rotatable bonds is 7. The minimum absolute atomic E-state index is 0.000923. The van der Waals surface area contributed by atoms with E-state index in [1.165, 1.54) is 16.1 Å². The average Bonchev–Trinajstić information content (AvgIpc) is 3.02. The van der Waals surface area contributed by atoms with Crippen LogP contribution in [0.2, 0.25) is 0 Å². The normalized spacial score (nSPS) is 19.2. The molecule has 2 atom stereocenters. The van der Waals surface area contributed by atoms with Crippen LogP contribution in [-0.4, -0.2) is 38.2 Å². The summed E-state index contributed by atoms with van der Waals surface area (Å²) in [6, 6.07) is 14.8. The van der Waals surface area contributed by atoms with Gasteiger partial charge in [0, 0.05) is 42.7 Å². The highest BCUT2D eigenvalue weighted by molar-refractivity contribution is 8.00. The van der Waals surface area contributed by atoms with Gasteiger partial charge in [-0.3, -0.25) is 0 Å². The molecule has 2 unspecified atom stereocenters. The number of fused-ring (bicyclic) bond motifs is 1. The number of ether oxygens (including phenoxy) is 1. The Morgan fingerprint density at radius 3 is 2.73 bits per heavy atom. The van der Waals surface area contributed by atoms with E-state index in [-0.39, 0.29) is 11.4 Å². The molecule has 0 aliphatic carbocycles. The second-order valence-electron chi connectivity index (χ2n) is 8.57. The SMILES string of the molecule is CC(C)=C(N)c1cccc(CC(N)C2Sc3cc(OCC4CNC4)ccc3N2C)c1. The molecule has 5 nitrogen and oxygen atoms in total. The van der Waals surface area contributed by atoms with Gasteiger partial charge in [0.2, 0.25) is 0 Å². The first-order chi connectivity index (χ1) is 14.4. The Morgan fingerprint density at radius 2 is 2.03 bits per heavy atom. The van der Waals surface area contributed by atoms with E-state index in [1.54, 1.807) is 0 Å². The van der Waals surface area contributed by atoms with E-state index >= 15 is 0 Å². The Hall–Kier alpha value is -2.15. The summed E-state index contributed by atoms with van der Waals surface area (Å²) in [5.41, 5.74) is 18.4. The number of nitrogens with one attached hydrogen (secondary N) is 1. The van der Waals surface area contributed by atoms with Crippen molar-refractivity contribution in [2.75, 3.05) is 31.6 Å². The molecule has 5 N–H and O–H groups in total. The Labute approximate surface area is 183 Å². The standard InChI is InChI=1S/C24H32N4OS/c1-15(2)23(26)18-6-4-5-16(9-18)10-20(25)24-28(3)21-8-7-19(11-22(21)30-24)29-14-17-12-27-13-17/h4-9,11,17,20,24,27H,10,12-14,25-26H2,1-3H3. The van der Waals surface area contributed by atoms with Crippen LogP contribution < -0.4 is 26.4 Å².